The molecule has 1 heterocycles. The second kappa shape index (κ2) is 7.95. The van der Waals surface area contributed by atoms with Crippen LogP contribution in [-0.2, 0) is 4.79 Å². The summed E-state index contributed by atoms with van der Waals surface area (Å²) in [4.78, 5) is 17.5. The molecule has 0 aliphatic carbocycles. The molecule has 4 heteroatoms. The standard InChI is InChI=1S/C24H22N2OS/c1-3-20(17-7-5-4-6-8-17)23(27)25-19-12-10-18(11-13-19)24-26-21-14-9-16(2)15-22(21)28-24/h4-15,20H,3H2,1-2H3,(H,25,27). The third kappa shape index (κ3) is 3.82. The monoisotopic (exact) mass is 386 g/mol. The van der Waals surface area contributed by atoms with E-state index in [1.165, 1.54) is 10.3 Å². The van der Waals surface area contributed by atoms with E-state index in [0.29, 0.717) is 0 Å². The van der Waals surface area contributed by atoms with Crippen LogP contribution < -0.4 is 5.32 Å². The summed E-state index contributed by atoms with van der Waals surface area (Å²) >= 11 is 1.69. The number of nitrogens with zero attached hydrogens (tertiary/aromatic N) is 1. The smallest absolute Gasteiger partial charge is 0.231 e. The molecular formula is C24H22N2OS. The number of carbonyl (C=O) groups is 1. The first-order valence-electron chi connectivity index (χ1n) is 9.47. The summed E-state index contributed by atoms with van der Waals surface area (Å²) in [6.45, 7) is 4.13. The van der Waals surface area contributed by atoms with Crippen LogP contribution in [0.1, 0.15) is 30.4 Å². The molecular weight excluding hydrogens is 364 g/mol. The predicted octanol–water partition coefficient (Wildman–Crippen LogP) is 6.40. The number of hydrogen-bond donors (Lipinski definition) is 1. The zero-order valence-corrected chi connectivity index (χ0v) is 16.8. The minimum atomic E-state index is -0.145. The Morgan fingerprint density at radius 1 is 1.04 bits per heavy atom. The zero-order valence-electron chi connectivity index (χ0n) is 16.0. The van der Waals surface area contributed by atoms with E-state index in [9.17, 15) is 4.79 Å². The molecule has 1 amide bonds. The molecule has 28 heavy (non-hydrogen) atoms. The number of hydrogen-bond acceptors (Lipinski definition) is 3. The fraction of sp³-hybridized carbons (Fsp3) is 0.167. The highest BCUT2D eigenvalue weighted by atomic mass is 32.1. The van der Waals surface area contributed by atoms with E-state index in [1.54, 1.807) is 11.3 Å². The normalized spacial score (nSPS) is 12.1. The third-order valence-electron chi connectivity index (χ3n) is 4.87. The number of rotatable bonds is 5. The molecule has 4 aromatic rings. The number of fused-ring (bicyclic) bond motifs is 1. The number of aromatic nitrogens is 1. The van der Waals surface area contributed by atoms with E-state index in [-0.39, 0.29) is 11.8 Å². The molecule has 0 aliphatic heterocycles. The van der Waals surface area contributed by atoms with Gasteiger partial charge in [0.15, 0.2) is 0 Å². The fourth-order valence-corrected chi connectivity index (χ4v) is 4.41. The van der Waals surface area contributed by atoms with Crippen LogP contribution in [0, 0.1) is 6.92 Å². The lowest BCUT2D eigenvalue weighted by atomic mass is 9.95. The van der Waals surface area contributed by atoms with E-state index >= 15 is 0 Å². The van der Waals surface area contributed by atoms with Crippen LogP contribution in [0.4, 0.5) is 5.69 Å². The van der Waals surface area contributed by atoms with Gasteiger partial charge in [-0.2, -0.15) is 0 Å². The van der Waals surface area contributed by atoms with Crippen molar-refractivity contribution in [1.29, 1.82) is 0 Å². The van der Waals surface area contributed by atoms with E-state index in [2.05, 4.69) is 30.4 Å². The summed E-state index contributed by atoms with van der Waals surface area (Å²) in [5.41, 5.74) is 5.18. The first-order chi connectivity index (χ1) is 13.6. The van der Waals surface area contributed by atoms with Gasteiger partial charge in [0.2, 0.25) is 5.91 Å². The number of anilines is 1. The van der Waals surface area contributed by atoms with Crippen LogP contribution in [0.3, 0.4) is 0 Å². The van der Waals surface area contributed by atoms with Crippen molar-refractivity contribution in [2.75, 3.05) is 5.32 Å². The van der Waals surface area contributed by atoms with Gasteiger partial charge >= 0.3 is 0 Å². The molecule has 0 saturated heterocycles. The molecule has 0 bridgehead atoms. The summed E-state index contributed by atoms with van der Waals surface area (Å²) in [5, 5.41) is 4.04. The molecule has 140 valence electrons. The Hall–Kier alpha value is -2.98. The molecule has 0 radical (unpaired) electrons. The highest BCUT2D eigenvalue weighted by Gasteiger charge is 2.18. The number of carbonyl (C=O) groups excluding carboxylic acids is 1. The Morgan fingerprint density at radius 3 is 2.50 bits per heavy atom. The van der Waals surface area contributed by atoms with Crippen molar-refractivity contribution in [3.05, 3.63) is 83.9 Å². The second-order valence-electron chi connectivity index (χ2n) is 6.93. The van der Waals surface area contributed by atoms with Gasteiger partial charge in [0.25, 0.3) is 0 Å². The number of amides is 1. The van der Waals surface area contributed by atoms with Gasteiger partial charge in [-0.3, -0.25) is 4.79 Å². The van der Waals surface area contributed by atoms with Gasteiger partial charge in [0.1, 0.15) is 5.01 Å². The quantitative estimate of drug-likeness (QED) is 0.431. The summed E-state index contributed by atoms with van der Waals surface area (Å²) < 4.78 is 1.20. The maximum Gasteiger partial charge on any atom is 0.231 e. The molecule has 0 fully saturated rings. The van der Waals surface area contributed by atoms with Gasteiger partial charge < -0.3 is 5.32 Å². The molecule has 0 aliphatic rings. The predicted molar refractivity (Wildman–Crippen MR) is 118 cm³/mol. The second-order valence-corrected chi connectivity index (χ2v) is 7.96. The van der Waals surface area contributed by atoms with Crippen LogP contribution in [0.2, 0.25) is 0 Å². The number of thiazole rings is 1. The maximum absolute atomic E-state index is 12.7. The van der Waals surface area contributed by atoms with Crippen LogP contribution in [0.15, 0.2) is 72.8 Å². The fourth-order valence-electron chi connectivity index (χ4n) is 3.34. The first-order valence-corrected chi connectivity index (χ1v) is 10.3. The zero-order chi connectivity index (χ0) is 19.5. The Morgan fingerprint density at radius 2 is 1.79 bits per heavy atom. The van der Waals surface area contributed by atoms with Crippen molar-refractivity contribution in [3.8, 4) is 10.6 Å². The number of nitrogens with one attached hydrogen (secondary N) is 1. The summed E-state index contributed by atoms with van der Waals surface area (Å²) in [6, 6.07) is 24.2. The first kappa shape index (κ1) is 18.4. The van der Waals surface area contributed by atoms with Crippen molar-refractivity contribution in [2.45, 2.75) is 26.2 Å². The Bertz CT molecular complexity index is 1100. The highest BCUT2D eigenvalue weighted by Crippen LogP contribution is 2.31. The summed E-state index contributed by atoms with van der Waals surface area (Å²) in [6.07, 6.45) is 0.763. The van der Waals surface area contributed by atoms with Crippen LogP contribution in [0.5, 0.6) is 0 Å². The lowest BCUT2D eigenvalue weighted by molar-refractivity contribution is -0.117. The summed E-state index contributed by atoms with van der Waals surface area (Å²) in [5.74, 6) is -0.120. The van der Waals surface area contributed by atoms with Crippen LogP contribution in [0.25, 0.3) is 20.8 Å². The lowest BCUT2D eigenvalue weighted by Crippen LogP contribution is -2.20. The van der Waals surface area contributed by atoms with E-state index in [4.69, 9.17) is 4.98 Å². The highest BCUT2D eigenvalue weighted by molar-refractivity contribution is 7.21. The van der Waals surface area contributed by atoms with E-state index in [0.717, 1.165) is 33.8 Å². The molecule has 1 N–H and O–H groups in total. The molecule has 0 saturated carbocycles. The van der Waals surface area contributed by atoms with Gasteiger partial charge in [0, 0.05) is 11.3 Å². The number of aryl methyl sites for hydroxylation is 1. The summed E-state index contributed by atoms with van der Waals surface area (Å²) in [7, 11) is 0. The lowest BCUT2D eigenvalue weighted by Gasteiger charge is -2.15. The van der Waals surface area contributed by atoms with Crippen molar-refractivity contribution in [1.82, 2.24) is 4.98 Å². The van der Waals surface area contributed by atoms with Crippen molar-refractivity contribution in [2.24, 2.45) is 0 Å². The molecule has 1 unspecified atom stereocenters. The topological polar surface area (TPSA) is 42.0 Å². The van der Waals surface area contributed by atoms with Crippen molar-refractivity contribution in [3.63, 3.8) is 0 Å². The minimum Gasteiger partial charge on any atom is -0.326 e. The average molecular weight is 387 g/mol. The van der Waals surface area contributed by atoms with Gasteiger partial charge in [0.05, 0.1) is 16.1 Å². The minimum absolute atomic E-state index is 0.0249. The van der Waals surface area contributed by atoms with E-state index < -0.39 is 0 Å². The Labute approximate surface area is 169 Å². The van der Waals surface area contributed by atoms with Crippen LogP contribution >= 0.6 is 11.3 Å². The Balaban J connectivity index is 1.51. The third-order valence-corrected chi connectivity index (χ3v) is 5.94. The van der Waals surface area contributed by atoms with Crippen molar-refractivity contribution < 1.29 is 4.79 Å². The molecule has 4 rings (SSSR count). The van der Waals surface area contributed by atoms with Gasteiger partial charge in [-0.05, 0) is 60.9 Å². The molecule has 3 nitrogen and oxygen atoms in total. The van der Waals surface area contributed by atoms with Crippen molar-refractivity contribution >= 4 is 33.1 Å². The maximum atomic E-state index is 12.7. The molecule has 1 aromatic heterocycles. The largest absolute Gasteiger partial charge is 0.326 e. The molecule has 3 aromatic carbocycles. The molecule has 0 spiro atoms. The van der Waals surface area contributed by atoms with E-state index in [1.807, 2.05) is 61.5 Å². The SMILES string of the molecule is CCC(C(=O)Nc1ccc(-c2nc3ccc(C)cc3s2)cc1)c1ccccc1. The average Bonchev–Trinajstić information content (AvgIpc) is 3.13. The molecule has 1 atom stereocenters. The van der Waals surface area contributed by atoms with Crippen LogP contribution in [-0.4, -0.2) is 10.9 Å². The van der Waals surface area contributed by atoms with Gasteiger partial charge in [-0.1, -0.05) is 43.3 Å². The Kier molecular flexibility index (Phi) is 5.22. The number of benzene rings is 3. The van der Waals surface area contributed by atoms with Gasteiger partial charge in [-0.15, -0.1) is 11.3 Å². The van der Waals surface area contributed by atoms with Gasteiger partial charge in [-0.25, -0.2) is 4.98 Å².